The van der Waals surface area contributed by atoms with Crippen molar-refractivity contribution in [1.29, 1.82) is 0 Å². The van der Waals surface area contributed by atoms with Crippen LogP contribution in [0.3, 0.4) is 0 Å². The van der Waals surface area contributed by atoms with Crippen LogP contribution < -0.4 is 5.32 Å². The molecule has 0 unspecified atom stereocenters. The zero-order valence-corrected chi connectivity index (χ0v) is 24.0. The maximum atomic E-state index is 13.7. The summed E-state index contributed by atoms with van der Waals surface area (Å²) >= 11 is 20.3. The van der Waals surface area contributed by atoms with E-state index in [-0.39, 0.29) is 30.0 Å². The zero-order chi connectivity index (χ0) is 26.8. The Bertz CT molecular complexity index is 1190. The van der Waals surface area contributed by atoms with Gasteiger partial charge in [-0.15, -0.1) is 11.8 Å². The quantitative estimate of drug-likeness (QED) is 0.246. The molecule has 1 N–H and O–H groups in total. The van der Waals surface area contributed by atoms with Crippen LogP contribution in [0.5, 0.6) is 0 Å². The molecule has 0 heterocycles. The van der Waals surface area contributed by atoms with Crippen LogP contribution in [-0.4, -0.2) is 35.1 Å². The molecule has 2 amide bonds. The van der Waals surface area contributed by atoms with Gasteiger partial charge in [0, 0.05) is 40.3 Å². The maximum Gasteiger partial charge on any atom is 0.243 e. The smallest absolute Gasteiger partial charge is 0.243 e. The summed E-state index contributed by atoms with van der Waals surface area (Å²) in [4.78, 5) is 28.8. The Balaban J connectivity index is 1.88. The van der Waals surface area contributed by atoms with Crippen LogP contribution in [0.25, 0.3) is 0 Å². The molecule has 0 saturated heterocycles. The summed E-state index contributed by atoms with van der Waals surface area (Å²) < 4.78 is 0. The molecule has 0 fully saturated rings. The van der Waals surface area contributed by atoms with Crippen molar-refractivity contribution in [3.8, 4) is 0 Å². The van der Waals surface area contributed by atoms with Gasteiger partial charge < -0.3 is 10.2 Å². The standard InChI is InChI=1S/C29H31Cl3N2O2S/c1-20(2)16-33-29(36)27(14-21-8-4-3-5-9-21)34(17-22-12-13-24(30)15-26(22)32)28(35)19-37-18-23-10-6-7-11-25(23)31/h3-13,15,20,27H,14,16-19H2,1-2H3,(H,33,36)/t27-/m1/s1. The molecule has 3 rings (SSSR count). The molecule has 3 aromatic rings. The lowest BCUT2D eigenvalue weighted by Gasteiger charge is -2.32. The summed E-state index contributed by atoms with van der Waals surface area (Å²) in [6.45, 7) is 4.78. The van der Waals surface area contributed by atoms with Crippen LogP contribution in [0.1, 0.15) is 30.5 Å². The average Bonchev–Trinajstić information content (AvgIpc) is 2.87. The number of rotatable bonds is 12. The summed E-state index contributed by atoms with van der Waals surface area (Å²) in [5.74, 6) is 0.724. The van der Waals surface area contributed by atoms with Gasteiger partial charge in [-0.25, -0.2) is 0 Å². The molecule has 0 spiro atoms. The van der Waals surface area contributed by atoms with Gasteiger partial charge in [-0.05, 0) is 40.8 Å². The topological polar surface area (TPSA) is 49.4 Å². The second-order valence-corrected chi connectivity index (χ2v) is 11.4. The van der Waals surface area contributed by atoms with E-state index in [0.717, 1.165) is 16.7 Å². The van der Waals surface area contributed by atoms with Crippen molar-refractivity contribution < 1.29 is 9.59 Å². The van der Waals surface area contributed by atoms with Crippen molar-refractivity contribution >= 4 is 58.4 Å². The van der Waals surface area contributed by atoms with Crippen molar-refractivity contribution in [2.45, 2.75) is 38.6 Å². The largest absolute Gasteiger partial charge is 0.354 e. The maximum absolute atomic E-state index is 13.7. The third-order valence-electron chi connectivity index (χ3n) is 5.75. The Labute approximate surface area is 238 Å². The monoisotopic (exact) mass is 576 g/mol. The first-order valence-electron chi connectivity index (χ1n) is 12.1. The minimum atomic E-state index is -0.707. The summed E-state index contributed by atoms with van der Waals surface area (Å²) in [5, 5.41) is 4.66. The van der Waals surface area contributed by atoms with Gasteiger partial charge >= 0.3 is 0 Å². The molecule has 0 radical (unpaired) electrons. The molecule has 0 bridgehead atoms. The molecule has 0 aliphatic heterocycles. The van der Waals surface area contributed by atoms with E-state index in [1.165, 1.54) is 11.8 Å². The lowest BCUT2D eigenvalue weighted by atomic mass is 10.0. The highest BCUT2D eigenvalue weighted by molar-refractivity contribution is 7.99. The van der Waals surface area contributed by atoms with E-state index in [1.54, 1.807) is 23.1 Å². The van der Waals surface area contributed by atoms with Gasteiger partial charge in [0.1, 0.15) is 6.04 Å². The highest BCUT2D eigenvalue weighted by Gasteiger charge is 2.30. The number of hydrogen-bond acceptors (Lipinski definition) is 3. The molecule has 4 nitrogen and oxygen atoms in total. The molecular weight excluding hydrogens is 547 g/mol. The van der Waals surface area contributed by atoms with Crippen LogP contribution in [0.4, 0.5) is 0 Å². The number of carbonyl (C=O) groups is 2. The second kappa shape index (κ2) is 14.7. The third kappa shape index (κ3) is 9.26. The van der Waals surface area contributed by atoms with Gasteiger partial charge in [-0.1, -0.05) is 103 Å². The molecule has 0 aliphatic carbocycles. The number of amides is 2. The first-order valence-corrected chi connectivity index (χ1v) is 14.4. The van der Waals surface area contributed by atoms with Crippen LogP contribution in [0.2, 0.25) is 15.1 Å². The van der Waals surface area contributed by atoms with E-state index in [9.17, 15) is 9.59 Å². The predicted molar refractivity (Wildman–Crippen MR) is 156 cm³/mol. The Kier molecular flexibility index (Phi) is 11.7. The fourth-order valence-electron chi connectivity index (χ4n) is 3.76. The third-order valence-corrected chi connectivity index (χ3v) is 7.67. The molecule has 8 heteroatoms. The Hall–Kier alpha value is -2.18. The van der Waals surface area contributed by atoms with E-state index in [0.29, 0.717) is 33.8 Å². The molecule has 1 atom stereocenters. The summed E-state index contributed by atoms with van der Waals surface area (Å²) in [6, 6.07) is 21.8. The van der Waals surface area contributed by atoms with Gasteiger partial charge in [0.15, 0.2) is 0 Å². The van der Waals surface area contributed by atoms with Crippen molar-refractivity contribution in [3.05, 3.63) is 105 Å². The molecule has 0 aliphatic rings. The fraction of sp³-hybridized carbons (Fsp3) is 0.310. The fourth-order valence-corrected chi connectivity index (χ4v) is 5.42. The molecular formula is C29H31Cl3N2O2S. The first kappa shape index (κ1) is 29.4. The van der Waals surface area contributed by atoms with E-state index in [1.807, 2.05) is 68.4 Å². The van der Waals surface area contributed by atoms with Gasteiger partial charge in [-0.3, -0.25) is 9.59 Å². The predicted octanol–water partition coefficient (Wildman–Crippen LogP) is 7.29. The number of hydrogen-bond donors (Lipinski definition) is 1. The SMILES string of the molecule is CC(C)CNC(=O)[C@@H](Cc1ccccc1)N(Cc1ccc(Cl)cc1Cl)C(=O)CSCc1ccccc1Cl. The van der Waals surface area contributed by atoms with E-state index in [2.05, 4.69) is 5.32 Å². The number of benzene rings is 3. The lowest BCUT2D eigenvalue weighted by Crippen LogP contribution is -2.51. The van der Waals surface area contributed by atoms with Crippen LogP contribution in [0, 0.1) is 5.92 Å². The Morgan fingerprint density at radius 3 is 2.27 bits per heavy atom. The van der Waals surface area contributed by atoms with E-state index < -0.39 is 6.04 Å². The van der Waals surface area contributed by atoms with Gasteiger partial charge in [0.2, 0.25) is 11.8 Å². The van der Waals surface area contributed by atoms with E-state index >= 15 is 0 Å². The van der Waals surface area contributed by atoms with Crippen LogP contribution >= 0.6 is 46.6 Å². The molecule has 37 heavy (non-hydrogen) atoms. The number of nitrogens with one attached hydrogen (secondary N) is 1. The highest BCUT2D eigenvalue weighted by Crippen LogP contribution is 2.26. The van der Waals surface area contributed by atoms with Crippen LogP contribution in [0.15, 0.2) is 72.8 Å². The Morgan fingerprint density at radius 1 is 0.892 bits per heavy atom. The van der Waals surface area contributed by atoms with Crippen molar-refractivity contribution in [1.82, 2.24) is 10.2 Å². The van der Waals surface area contributed by atoms with Crippen molar-refractivity contribution in [3.63, 3.8) is 0 Å². The number of halogens is 3. The molecule has 196 valence electrons. The van der Waals surface area contributed by atoms with Gasteiger partial charge in [0.05, 0.1) is 5.75 Å². The molecule has 0 aromatic heterocycles. The molecule has 0 saturated carbocycles. The summed E-state index contributed by atoms with van der Waals surface area (Å²) in [6.07, 6.45) is 0.386. The van der Waals surface area contributed by atoms with Crippen molar-refractivity contribution in [2.75, 3.05) is 12.3 Å². The lowest BCUT2D eigenvalue weighted by molar-refractivity contribution is -0.139. The number of thioether (sulfide) groups is 1. The minimum absolute atomic E-state index is 0.149. The van der Waals surface area contributed by atoms with Gasteiger partial charge in [-0.2, -0.15) is 0 Å². The summed E-state index contributed by atoms with van der Waals surface area (Å²) in [5.41, 5.74) is 2.66. The Morgan fingerprint density at radius 2 is 1.59 bits per heavy atom. The zero-order valence-electron chi connectivity index (χ0n) is 20.9. The van der Waals surface area contributed by atoms with Crippen molar-refractivity contribution in [2.24, 2.45) is 5.92 Å². The number of nitrogens with zero attached hydrogens (tertiary/aromatic N) is 1. The number of carbonyl (C=O) groups excluding carboxylic acids is 2. The molecule has 3 aromatic carbocycles. The normalized spacial score (nSPS) is 11.8. The second-order valence-electron chi connectivity index (χ2n) is 9.19. The first-order chi connectivity index (χ1) is 17.7. The summed E-state index contributed by atoms with van der Waals surface area (Å²) in [7, 11) is 0. The van der Waals surface area contributed by atoms with Crippen LogP contribution in [-0.2, 0) is 28.3 Å². The van der Waals surface area contributed by atoms with Gasteiger partial charge in [0.25, 0.3) is 0 Å². The average molecular weight is 578 g/mol. The minimum Gasteiger partial charge on any atom is -0.354 e. The van der Waals surface area contributed by atoms with E-state index in [4.69, 9.17) is 34.8 Å². The highest BCUT2D eigenvalue weighted by atomic mass is 35.5.